The van der Waals surface area contributed by atoms with Crippen molar-refractivity contribution < 1.29 is 4.79 Å². The molecule has 2 saturated heterocycles. The van der Waals surface area contributed by atoms with Crippen LogP contribution in [0.25, 0.3) is 0 Å². The number of nitrogens with zero attached hydrogens (tertiary/aromatic N) is 3. The van der Waals surface area contributed by atoms with E-state index >= 15 is 0 Å². The van der Waals surface area contributed by atoms with Gasteiger partial charge in [0.25, 0.3) is 0 Å². The molecule has 2 aliphatic rings. The third-order valence-corrected chi connectivity index (χ3v) is 4.36. The smallest absolute Gasteiger partial charge is 0.236 e. The van der Waals surface area contributed by atoms with Gasteiger partial charge >= 0.3 is 0 Å². The molecule has 0 N–H and O–H groups in total. The van der Waals surface area contributed by atoms with Crippen molar-refractivity contribution in [1.82, 2.24) is 14.7 Å². The summed E-state index contributed by atoms with van der Waals surface area (Å²) in [4.78, 5) is 19.1. The summed E-state index contributed by atoms with van der Waals surface area (Å²) in [5.41, 5.74) is 0. The van der Waals surface area contributed by atoms with Gasteiger partial charge < -0.3 is 4.90 Å². The van der Waals surface area contributed by atoms with E-state index in [1.807, 2.05) is 0 Å². The second-order valence-electron chi connectivity index (χ2n) is 5.91. The molecule has 4 nitrogen and oxygen atoms in total. The highest BCUT2D eigenvalue weighted by Crippen LogP contribution is 2.09. The van der Waals surface area contributed by atoms with Crippen LogP contribution in [0.15, 0.2) is 0 Å². The van der Waals surface area contributed by atoms with Crippen LogP contribution in [0.4, 0.5) is 0 Å². The fourth-order valence-corrected chi connectivity index (χ4v) is 3.04. The summed E-state index contributed by atoms with van der Waals surface area (Å²) in [5.74, 6) is 0.343. The second kappa shape index (κ2) is 7.85. The number of hydrogen-bond donors (Lipinski definition) is 0. The number of rotatable bonds is 6. The molecule has 0 spiro atoms. The van der Waals surface area contributed by atoms with E-state index in [1.54, 1.807) is 0 Å². The highest BCUT2D eigenvalue weighted by molar-refractivity contribution is 5.78. The van der Waals surface area contributed by atoms with Crippen LogP contribution in [-0.2, 0) is 4.79 Å². The number of piperazine rings is 1. The van der Waals surface area contributed by atoms with Crippen molar-refractivity contribution in [3.63, 3.8) is 0 Å². The Bertz CT molecular complexity index is 269. The Labute approximate surface area is 117 Å². The fraction of sp³-hybridized carbons (Fsp3) is 0.933. The van der Waals surface area contributed by atoms with Crippen molar-refractivity contribution >= 4 is 5.91 Å². The van der Waals surface area contributed by atoms with Gasteiger partial charge in [0.05, 0.1) is 6.54 Å². The number of hydrogen-bond acceptors (Lipinski definition) is 3. The first-order chi connectivity index (χ1) is 9.29. The predicted molar refractivity (Wildman–Crippen MR) is 78.2 cm³/mol. The molecule has 2 fully saturated rings. The molecule has 0 saturated carbocycles. The Balaban J connectivity index is 1.63. The fourth-order valence-electron chi connectivity index (χ4n) is 3.04. The first kappa shape index (κ1) is 14.8. The summed E-state index contributed by atoms with van der Waals surface area (Å²) in [6, 6.07) is 0. The molecule has 0 radical (unpaired) electrons. The molecule has 19 heavy (non-hydrogen) atoms. The molecule has 0 bridgehead atoms. The summed E-state index contributed by atoms with van der Waals surface area (Å²) in [5, 5.41) is 0. The van der Waals surface area contributed by atoms with E-state index in [0.29, 0.717) is 12.5 Å². The molecule has 0 aromatic heterocycles. The lowest BCUT2D eigenvalue weighted by Gasteiger charge is -2.35. The molecular weight excluding hydrogens is 238 g/mol. The molecule has 0 aromatic carbocycles. The van der Waals surface area contributed by atoms with E-state index in [4.69, 9.17) is 0 Å². The summed E-state index contributed by atoms with van der Waals surface area (Å²) in [6.45, 7) is 10.3. The lowest BCUT2D eigenvalue weighted by atomic mass is 10.2. The third-order valence-electron chi connectivity index (χ3n) is 4.36. The average molecular weight is 267 g/mol. The molecule has 0 atom stereocenters. The maximum absolute atomic E-state index is 12.2. The minimum Gasteiger partial charge on any atom is -0.339 e. The largest absolute Gasteiger partial charge is 0.339 e. The van der Waals surface area contributed by atoms with E-state index in [-0.39, 0.29) is 0 Å². The van der Waals surface area contributed by atoms with Gasteiger partial charge in [-0.05, 0) is 38.9 Å². The van der Waals surface area contributed by atoms with Crippen molar-refractivity contribution in [2.75, 3.05) is 52.4 Å². The minimum absolute atomic E-state index is 0.343. The van der Waals surface area contributed by atoms with Crippen LogP contribution < -0.4 is 0 Å². The number of carbonyl (C=O) groups excluding carboxylic acids is 1. The van der Waals surface area contributed by atoms with E-state index in [9.17, 15) is 4.79 Å². The quantitative estimate of drug-likeness (QED) is 0.681. The van der Waals surface area contributed by atoms with Crippen molar-refractivity contribution in [2.24, 2.45) is 0 Å². The van der Waals surface area contributed by atoms with Gasteiger partial charge in [-0.15, -0.1) is 0 Å². The Hall–Kier alpha value is -0.610. The van der Waals surface area contributed by atoms with Crippen LogP contribution in [0.3, 0.4) is 0 Å². The molecule has 0 unspecified atom stereocenters. The minimum atomic E-state index is 0.343. The summed E-state index contributed by atoms with van der Waals surface area (Å²) >= 11 is 0. The topological polar surface area (TPSA) is 26.8 Å². The number of likely N-dealkylation sites (tertiary alicyclic amines) is 1. The van der Waals surface area contributed by atoms with E-state index < -0.39 is 0 Å². The van der Waals surface area contributed by atoms with Gasteiger partial charge in [-0.2, -0.15) is 0 Å². The van der Waals surface area contributed by atoms with Gasteiger partial charge in [-0.25, -0.2) is 0 Å². The number of unbranched alkanes of at least 4 members (excludes halogenated alkanes) is 2. The highest BCUT2D eigenvalue weighted by Gasteiger charge is 2.23. The van der Waals surface area contributed by atoms with Crippen LogP contribution in [0, 0.1) is 0 Å². The van der Waals surface area contributed by atoms with Gasteiger partial charge in [0.2, 0.25) is 5.91 Å². The predicted octanol–water partition coefficient (Wildman–Crippen LogP) is 1.42. The molecule has 1 amide bonds. The van der Waals surface area contributed by atoms with Crippen molar-refractivity contribution in [1.29, 1.82) is 0 Å². The van der Waals surface area contributed by atoms with Crippen LogP contribution in [0.2, 0.25) is 0 Å². The van der Waals surface area contributed by atoms with Gasteiger partial charge in [-0.1, -0.05) is 19.8 Å². The van der Waals surface area contributed by atoms with Gasteiger partial charge in [0.1, 0.15) is 0 Å². The molecule has 2 rings (SSSR count). The Morgan fingerprint density at radius 1 is 0.895 bits per heavy atom. The first-order valence-corrected chi connectivity index (χ1v) is 8.02. The Kier molecular flexibility index (Phi) is 6.11. The van der Waals surface area contributed by atoms with Crippen molar-refractivity contribution in [2.45, 2.75) is 39.0 Å². The zero-order chi connectivity index (χ0) is 13.5. The van der Waals surface area contributed by atoms with E-state index in [0.717, 1.165) is 39.3 Å². The van der Waals surface area contributed by atoms with Crippen molar-refractivity contribution in [3.8, 4) is 0 Å². The standard InChI is InChI=1S/C15H29N3O/c1-2-3-4-7-16-10-12-18(13-11-16)15(19)14-17-8-5-6-9-17/h2-14H2,1H3. The molecule has 0 aliphatic carbocycles. The Morgan fingerprint density at radius 2 is 1.58 bits per heavy atom. The first-order valence-electron chi connectivity index (χ1n) is 8.02. The lowest BCUT2D eigenvalue weighted by molar-refractivity contribution is -0.133. The zero-order valence-corrected chi connectivity index (χ0v) is 12.4. The van der Waals surface area contributed by atoms with Crippen LogP contribution in [0.1, 0.15) is 39.0 Å². The highest BCUT2D eigenvalue weighted by atomic mass is 16.2. The van der Waals surface area contributed by atoms with Crippen LogP contribution in [0.5, 0.6) is 0 Å². The maximum Gasteiger partial charge on any atom is 0.236 e. The van der Waals surface area contributed by atoms with Gasteiger partial charge in [0.15, 0.2) is 0 Å². The summed E-state index contributed by atoms with van der Waals surface area (Å²) < 4.78 is 0. The summed E-state index contributed by atoms with van der Waals surface area (Å²) in [6.07, 6.45) is 6.44. The number of carbonyl (C=O) groups is 1. The maximum atomic E-state index is 12.2. The van der Waals surface area contributed by atoms with Crippen LogP contribution >= 0.6 is 0 Å². The Morgan fingerprint density at radius 3 is 2.21 bits per heavy atom. The van der Waals surface area contributed by atoms with E-state index in [2.05, 4.69) is 21.6 Å². The molecule has 4 heteroatoms. The second-order valence-corrected chi connectivity index (χ2v) is 5.91. The summed E-state index contributed by atoms with van der Waals surface area (Å²) in [7, 11) is 0. The number of amides is 1. The average Bonchev–Trinajstić information content (AvgIpc) is 2.93. The molecule has 0 aromatic rings. The van der Waals surface area contributed by atoms with Crippen molar-refractivity contribution in [3.05, 3.63) is 0 Å². The van der Waals surface area contributed by atoms with Gasteiger partial charge in [-0.3, -0.25) is 14.6 Å². The third kappa shape index (κ3) is 4.77. The monoisotopic (exact) mass is 267 g/mol. The van der Waals surface area contributed by atoms with Crippen LogP contribution in [-0.4, -0.2) is 73.0 Å². The zero-order valence-electron chi connectivity index (χ0n) is 12.4. The molecular formula is C15H29N3O. The normalized spacial score (nSPS) is 22.1. The molecule has 2 heterocycles. The van der Waals surface area contributed by atoms with E-state index in [1.165, 1.54) is 38.6 Å². The SMILES string of the molecule is CCCCCN1CCN(C(=O)CN2CCCC2)CC1. The molecule has 110 valence electrons. The molecule has 2 aliphatic heterocycles. The van der Waals surface area contributed by atoms with Gasteiger partial charge in [0, 0.05) is 26.2 Å². The lowest BCUT2D eigenvalue weighted by Crippen LogP contribution is -2.51.